The Morgan fingerprint density at radius 2 is 2.16 bits per heavy atom. The molecule has 19 heavy (non-hydrogen) atoms. The number of fused-ring (bicyclic) bond motifs is 1. The summed E-state index contributed by atoms with van der Waals surface area (Å²) >= 11 is 2.23. The Morgan fingerprint density at radius 3 is 2.84 bits per heavy atom. The highest BCUT2D eigenvalue weighted by Gasteiger charge is 2.65. The van der Waals surface area contributed by atoms with Crippen molar-refractivity contribution in [3.05, 3.63) is 9.66 Å². The first kappa shape index (κ1) is 12.7. The first-order valence-electron chi connectivity index (χ1n) is 6.61. The normalized spacial score (nSPS) is 50.3. The van der Waals surface area contributed by atoms with Crippen molar-refractivity contribution in [2.45, 2.75) is 24.6 Å². The van der Waals surface area contributed by atoms with Gasteiger partial charge in [0.05, 0.1) is 19.3 Å². The SMILES string of the molecule is O=CC1CC2[C@@H]3[C@H](O[C@H]2O)C(I)=CC2(OCCO2)[C@H]13. The molecule has 1 saturated carbocycles. The molecule has 6 atom stereocenters. The van der Waals surface area contributed by atoms with Gasteiger partial charge in [-0.05, 0) is 35.1 Å². The molecule has 2 aliphatic heterocycles. The molecule has 5 nitrogen and oxygen atoms in total. The maximum Gasteiger partial charge on any atom is 0.192 e. The van der Waals surface area contributed by atoms with Crippen LogP contribution in [0.4, 0.5) is 0 Å². The van der Waals surface area contributed by atoms with Crippen LogP contribution < -0.4 is 0 Å². The fourth-order valence-electron chi connectivity index (χ4n) is 4.28. The average Bonchev–Trinajstić information content (AvgIpc) is 3.04. The molecule has 0 aromatic carbocycles. The summed E-state index contributed by atoms with van der Waals surface area (Å²) in [7, 11) is 0. The lowest BCUT2D eigenvalue weighted by Crippen LogP contribution is -2.49. The van der Waals surface area contributed by atoms with Crippen LogP contribution >= 0.6 is 22.6 Å². The summed E-state index contributed by atoms with van der Waals surface area (Å²) in [5.41, 5.74) is 0. The molecular weight excluding hydrogens is 363 g/mol. The molecule has 0 aromatic rings. The van der Waals surface area contributed by atoms with Gasteiger partial charge >= 0.3 is 0 Å². The molecule has 3 fully saturated rings. The molecule has 0 bridgehead atoms. The lowest BCUT2D eigenvalue weighted by atomic mass is 9.75. The van der Waals surface area contributed by atoms with Crippen LogP contribution in [0, 0.1) is 23.7 Å². The van der Waals surface area contributed by atoms with Crippen LogP contribution in [0.3, 0.4) is 0 Å². The standard InChI is InChI=1S/C13H15IO5/c14-8-4-13(17-1-2-18-13)10-6(5-15)3-7-9(10)11(8)19-12(7)16/h4-7,9-12,16H,1-3H2/t6?,7?,9-,10+,11+,12+/m0/s1. The first-order chi connectivity index (χ1) is 9.16. The maximum atomic E-state index is 11.4. The van der Waals surface area contributed by atoms with E-state index in [1.165, 1.54) is 0 Å². The van der Waals surface area contributed by atoms with E-state index in [4.69, 9.17) is 14.2 Å². The van der Waals surface area contributed by atoms with Gasteiger partial charge in [0, 0.05) is 27.3 Å². The summed E-state index contributed by atoms with van der Waals surface area (Å²) in [4.78, 5) is 11.4. The van der Waals surface area contributed by atoms with E-state index in [-0.39, 0.29) is 29.8 Å². The average molecular weight is 378 g/mol. The number of ether oxygens (including phenoxy) is 3. The molecule has 1 spiro atoms. The van der Waals surface area contributed by atoms with Gasteiger partial charge < -0.3 is 24.1 Å². The van der Waals surface area contributed by atoms with Crippen LogP contribution in [0.2, 0.25) is 0 Å². The van der Waals surface area contributed by atoms with E-state index < -0.39 is 12.1 Å². The second-order valence-electron chi connectivity index (χ2n) is 5.70. The van der Waals surface area contributed by atoms with E-state index in [1.807, 2.05) is 6.08 Å². The minimum Gasteiger partial charge on any atom is -0.368 e. The number of hydrogen-bond donors (Lipinski definition) is 1. The highest BCUT2D eigenvalue weighted by atomic mass is 127. The molecule has 104 valence electrons. The summed E-state index contributed by atoms with van der Waals surface area (Å²) < 4.78 is 18.4. The van der Waals surface area contributed by atoms with Gasteiger partial charge in [0.1, 0.15) is 6.29 Å². The van der Waals surface area contributed by atoms with E-state index >= 15 is 0 Å². The number of carbonyl (C=O) groups is 1. The second kappa shape index (κ2) is 4.24. The molecule has 4 aliphatic rings. The third-order valence-electron chi connectivity index (χ3n) is 4.91. The monoisotopic (exact) mass is 378 g/mol. The highest BCUT2D eigenvalue weighted by Crippen LogP contribution is 2.60. The largest absolute Gasteiger partial charge is 0.368 e. The van der Waals surface area contributed by atoms with Crippen molar-refractivity contribution in [2.75, 3.05) is 13.2 Å². The van der Waals surface area contributed by atoms with Crippen LogP contribution in [0.5, 0.6) is 0 Å². The van der Waals surface area contributed by atoms with E-state index in [0.717, 1.165) is 9.87 Å². The van der Waals surface area contributed by atoms with Crippen molar-refractivity contribution in [2.24, 2.45) is 23.7 Å². The van der Waals surface area contributed by atoms with Crippen LogP contribution in [0.15, 0.2) is 9.66 Å². The second-order valence-corrected chi connectivity index (χ2v) is 6.94. The lowest BCUT2D eigenvalue weighted by molar-refractivity contribution is -0.188. The fourth-order valence-corrected chi connectivity index (χ4v) is 5.27. The molecule has 0 aromatic heterocycles. The lowest BCUT2D eigenvalue weighted by Gasteiger charge is -2.41. The molecule has 2 saturated heterocycles. The number of aliphatic hydroxyl groups excluding tert-OH is 1. The molecule has 2 aliphatic carbocycles. The van der Waals surface area contributed by atoms with Crippen LogP contribution in [0.25, 0.3) is 0 Å². The Bertz CT molecular complexity index is 444. The van der Waals surface area contributed by atoms with E-state index in [9.17, 15) is 9.90 Å². The first-order valence-corrected chi connectivity index (χ1v) is 7.69. The molecular formula is C13H15IO5. The molecule has 0 amide bonds. The molecule has 0 radical (unpaired) electrons. The summed E-state index contributed by atoms with van der Waals surface area (Å²) in [5.74, 6) is -0.840. The molecule has 6 heteroatoms. The van der Waals surface area contributed by atoms with E-state index in [0.29, 0.717) is 19.6 Å². The number of hydrogen-bond acceptors (Lipinski definition) is 5. The Morgan fingerprint density at radius 1 is 1.42 bits per heavy atom. The van der Waals surface area contributed by atoms with Crippen molar-refractivity contribution >= 4 is 28.9 Å². The van der Waals surface area contributed by atoms with Gasteiger partial charge in [-0.2, -0.15) is 0 Å². The van der Waals surface area contributed by atoms with Crippen molar-refractivity contribution in [3.63, 3.8) is 0 Å². The van der Waals surface area contributed by atoms with Crippen LogP contribution in [0.1, 0.15) is 6.42 Å². The third-order valence-corrected chi connectivity index (χ3v) is 5.83. The number of aldehydes is 1. The van der Waals surface area contributed by atoms with Crippen LogP contribution in [-0.2, 0) is 19.0 Å². The number of aliphatic hydroxyl groups is 1. The smallest absolute Gasteiger partial charge is 0.192 e. The fraction of sp³-hybridized carbons (Fsp3) is 0.769. The Balaban J connectivity index is 1.83. The van der Waals surface area contributed by atoms with Gasteiger partial charge in [-0.3, -0.25) is 0 Å². The van der Waals surface area contributed by atoms with Crippen molar-refractivity contribution in [3.8, 4) is 0 Å². The minimum atomic E-state index is -0.786. The Hall–Kier alpha value is -0.0200. The van der Waals surface area contributed by atoms with Crippen LogP contribution in [-0.4, -0.2) is 42.8 Å². The summed E-state index contributed by atoms with van der Waals surface area (Å²) in [5, 5.41) is 10.1. The summed E-state index contributed by atoms with van der Waals surface area (Å²) in [6, 6.07) is 0. The maximum absolute atomic E-state index is 11.4. The van der Waals surface area contributed by atoms with Gasteiger partial charge in [0.15, 0.2) is 12.1 Å². The Labute approximate surface area is 124 Å². The topological polar surface area (TPSA) is 65.0 Å². The van der Waals surface area contributed by atoms with Gasteiger partial charge in [-0.15, -0.1) is 0 Å². The predicted molar refractivity (Wildman–Crippen MR) is 72.3 cm³/mol. The zero-order valence-corrected chi connectivity index (χ0v) is 12.4. The molecule has 2 heterocycles. The van der Waals surface area contributed by atoms with Gasteiger partial charge in [0.2, 0.25) is 0 Å². The zero-order chi connectivity index (χ0) is 13.2. The van der Waals surface area contributed by atoms with Gasteiger partial charge in [0.25, 0.3) is 0 Å². The number of halogens is 1. The summed E-state index contributed by atoms with van der Waals surface area (Å²) in [6.07, 6.45) is 2.70. The third kappa shape index (κ3) is 1.58. The minimum absolute atomic E-state index is 0.00772. The van der Waals surface area contributed by atoms with Crippen molar-refractivity contribution in [1.82, 2.24) is 0 Å². The zero-order valence-electron chi connectivity index (χ0n) is 10.2. The van der Waals surface area contributed by atoms with Gasteiger partial charge in [-0.25, -0.2) is 0 Å². The Kier molecular flexibility index (Phi) is 2.83. The quantitative estimate of drug-likeness (QED) is 0.542. The van der Waals surface area contributed by atoms with Crippen molar-refractivity contribution < 1.29 is 24.1 Å². The van der Waals surface area contributed by atoms with E-state index in [1.54, 1.807) is 0 Å². The van der Waals surface area contributed by atoms with E-state index in [2.05, 4.69) is 22.6 Å². The summed E-state index contributed by atoms with van der Waals surface area (Å²) in [6.45, 7) is 1.10. The predicted octanol–water partition coefficient (Wildman–Crippen LogP) is 0.847. The van der Waals surface area contributed by atoms with Crippen molar-refractivity contribution in [1.29, 1.82) is 0 Å². The highest BCUT2D eigenvalue weighted by molar-refractivity contribution is 14.1. The van der Waals surface area contributed by atoms with Gasteiger partial charge in [-0.1, -0.05) is 0 Å². The molecule has 1 N–H and O–H groups in total. The number of rotatable bonds is 1. The number of carbonyl (C=O) groups excluding carboxylic acids is 1. The molecule has 4 rings (SSSR count). The molecule has 2 unspecified atom stereocenters.